The Hall–Kier alpha value is -2.73. The summed E-state index contributed by atoms with van der Waals surface area (Å²) in [5.41, 5.74) is 0.232. The summed E-state index contributed by atoms with van der Waals surface area (Å²) in [5, 5.41) is 0.456. The van der Waals surface area contributed by atoms with E-state index >= 15 is 0 Å². The van der Waals surface area contributed by atoms with Crippen LogP contribution in [-0.2, 0) is 9.53 Å². The van der Waals surface area contributed by atoms with Crippen LogP contribution in [0.5, 0.6) is 17.2 Å². The van der Waals surface area contributed by atoms with Crippen molar-refractivity contribution in [2.24, 2.45) is 0 Å². The highest BCUT2D eigenvalue weighted by molar-refractivity contribution is 6.30. The third-order valence-corrected chi connectivity index (χ3v) is 3.21. The summed E-state index contributed by atoms with van der Waals surface area (Å²) in [4.78, 5) is 23.4. The second kappa shape index (κ2) is 8.21. The standard InChI is InChI=1S/C17H15ClO6/c1-21-14-7-6-11(8-15(14)23-10-16(19)22-2)17(20)24-13-5-3-4-12(18)9-13/h3-9H,10H2,1-2H3. The van der Waals surface area contributed by atoms with Crippen molar-refractivity contribution in [2.45, 2.75) is 0 Å². The molecule has 24 heavy (non-hydrogen) atoms. The van der Waals surface area contributed by atoms with Crippen molar-refractivity contribution in [3.8, 4) is 17.2 Å². The Morgan fingerprint density at radius 1 is 1.04 bits per heavy atom. The molecule has 0 aromatic heterocycles. The largest absolute Gasteiger partial charge is 0.493 e. The van der Waals surface area contributed by atoms with Crippen molar-refractivity contribution in [3.05, 3.63) is 53.1 Å². The summed E-state index contributed by atoms with van der Waals surface area (Å²) in [7, 11) is 2.70. The molecule has 2 aromatic carbocycles. The Balaban J connectivity index is 2.17. The summed E-state index contributed by atoms with van der Waals surface area (Å²) in [5.74, 6) is -0.228. The average Bonchev–Trinajstić information content (AvgIpc) is 2.59. The van der Waals surface area contributed by atoms with Crippen molar-refractivity contribution in [1.82, 2.24) is 0 Å². The van der Waals surface area contributed by atoms with Gasteiger partial charge >= 0.3 is 11.9 Å². The molecule has 0 aliphatic carbocycles. The number of carbonyl (C=O) groups is 2. The number of carbonyl (C=O) groups excluding carboxylic acids is 2. The molecule has 0 aliphatic heterocycles. The first kappa shape index (κ1) is 17.6. The van der Waals surface area contributed by atoms with Gasteiger partial charge in [0, 0.05) is 5.02 Å². The van der Waals surface area contributed by atoms with Crippen LogP contribution in [0.25, 0.3) is 0 Å². The number of hydrogen-bond acceptors (Lipinski definition) is 6. The van der Waals surface area contributed by atoms with E-state index in [9.17, 15) is 9.59 Å². The Morgan fingerprint density at radius 2 is 1.83 bits per heavy atom. The fourth-order valence-corrected chi connectivity index (χ4v) is 1.99. The lowest BCUT2D eigenvalue weighted by Gasteiger charge is -2.11. The molecular formula is C17H15ClO6. The zero-order chi connectivity index (χ0) is 17.5. The summed E-state index contributed by atoms with van der Waals surface area (Å²) < 4.78 is 20.2. The summed E-state index contributed by atoms with van der Waals surface area (Å²) in [6.45, 7) is -0.306. The molecule has 0 amide bonds. The third kappa shape index (κ3) is 4.63. The number of esters is 2. The maximum atomic E-state index is 12.2. The molecule has 0 saturated heterocycles. The van der Waals surface area contributed by atoms with Crippen LogP contribution in [0.4, 0.5) is 0 Å². The molecule has 2 aromatic rings. The van der Waals surface area contributed by atoms with Crippen molar-refractivity contribution >= 4 is 23.5 Å². The molecule has 0 bridgehead atoms. The van der Waals surface area contributed by atoms with Crippen LogP contribution in [-0.4, -0.2) is 32.8 Å². The van der Waals surface area contributed by atoms with Gasteiger partial charge in [0.05, 0.1) is 19.8 Å². The Morgan fingerprint density at radius 3 is 2.50 bits per heavy atom. The monoisotopic (exact) mass is 350 g/mol. The SMILES string of the molecule is COC(=O)COc1cc(C(=O)Oc2cccc(Cl)c2)ccc1OC. The minimum Gasteiger partial charge on any atom is -0.493 e. The molecule has 0 radical (unpaired) electrons. The summed E-state index contributed by atoms with van der Waals surface area (Å²) >= 11 is 5.85. The highest BCUT2D eigenvalue weighted by Gasteiger charge is 2.14. The second-order valence-electron chi connectivity index (χ2n) is 4.58. The van der Waals surface area contributed by atoms with Gasteiger partial charge in [0.15, 0.2) is 18.1 Å². The number of rotatable bonds is 6. The van der Waals surface area contributed by atoms with Crippen molar-refractivity contribution in [1.29, 1.82) is 0 Å². The van der Waals surface area contributed by atoms with Crippen LogP contribution < -0.4 is 14.2 Å². The highest BCUT2D eigenvalue weighted by Crippen LogP contribution is 2.29. The van der Waals surface area contributed by atoms with Crippen molar-refractivity contribution < 1.29 is 28.5 Å². The third-order valence-electron chi connectivity index (χ3n) is 2.98. The quantitative estimate of drug-likeness (QED) is 0.589. The van der Waals surface area contributed by atoms with Crippen molar-refractivity contribution in [2.75, 3.05) is 20.8 Å². The molecule has 0 atom stereocenters. The summed E-state index contributed by atoms with van der Waals surface area (Å²) in [6.07, 6.45) is 0. The van der Waals surface area contributed by atoms with E-state index in [0.29, 0.717) is 16.5 Å². The van der Waals surface area contributed by atoms with Gasteiger partial charge in [-0.3, -0.25) is 0 Å². The summed E-state index contributed by atoms with van der Waals surface area (Å²) in [6, 6.07) is 11.0. The fraction of sp³-hybridized carbons (Fsp3) is 0.176. The molecular weight excluding hydrogens is 336 g/mol. The van der Waals surface area contributed by atoms with Gasteiger partial charge in [0.2, 0.25) is 0 Å². The van der Waals surface area contributed by atoms with E-state index in [-0.39, 0.29) is 17.9 Å². The number of benzene rings is 2. The molecule has 0 N–H and O–H groups in total. The molecule has 0 aliphatic rings. The van der Waals surface area contributed by atoms with Crippen molar-refractivity contribution in [3.63, 3.8) is 0 Å². The number of methoxy groups -OCH3 is 2. The predicted octanol–water partition coefficient (Wildman–Crippen LogP) is 3.12. The van der Waals surface area contributed by atoms with Crippen LogP contribution in [0.2, 0.25) is 5.02 Å². The molecule has 7 heteroatoms. The lowest BCUT2D eigenvalue weighted by Crippen LogP contribution is -2.14. The van der Waals surface area contributed by atoms with Gasteiger partial charge in [-0.2, -0.15) is 0 Å². The first-order valence-corrected chi connectivity index (χ1v) is 7.26. The molecule has 0 heterocycles. The molecule has 126 valence electrons. The van der Waals surface area contributed by atoms with Crippen LogP contribution in [0, 0.1) is 0 Å². The van der Waals surface area contributed by atoms with E-state index in [2.05, 4.69) is 4.74 Å². The van der Waals surface area contributed by atoms with Crippen LogP contribution in [0.3, 0.4) is 0 Å². The maximum Gasteiger partial charge on any atom is 0.343 e. The molecule has 0 fully saturated rings. The van der Waals surface area contributed by atoms with E-state index < -0.39 is 11.9 Å². The van der Waals surface area contributed by atoms with E-state index in [1.807, 2.05) is 0 Å². The van der Waals surface area contributed by atoms with E-state index in [4.69, 9.17) is 25.8 Å². The molecule has 2 rings (SSSR count). The lowest BCUT2D eigenvalue weighted by atomic mass is 10.2. The lowest BCUT2D eigenvalue weighted by molar-refractivity contribution is -0.142. The van der Waals surface area contributed by atoms with Crippen LogP contribution in [0.15, 0.2) is 42.5 Å². The minimum absolute atomic E-state index is 0.225. The molecule has 6 nitrogen and oxygen atoms in total. The Kier molecular flexibility index (Phi) is 6.03. The van der Waals surface area contributed by atoms with Crippen LogP contribution in [0.1, 0.15) is 10.4 Å². The first-order valence-electron chi connectivity index (χ1n) is 6.89. The minimum atomic E-state index is -0.595. The predicted molar refractivity (Wildman–Crippen MR) is 86.9 cm³/mol. The van der Waals surface area contributed by atoms with Gasteiger partial charge in [0.25, 0.3) is 0 Å². The Bertz CT molecular complexity index is 744. The van der Waals surface area contributed by atoms with Gasteiger partial charge in [-0.25, -0.2) is 9.59 Å². The zero-order valence-corrected chi connectivity index (χ0v) is 13.8. The molecule has 0 unspecified atom stereocenters. The maximum absolute atomic E-state index is 12.2. The normalized spacial score (nSPS) is 9.96. The molecule has 0 saturated carbocycles. The van der Waals surface area contributed by atoms with Gasteiger partial charge in [0.1, 0.15) is 5.75 Å². The van der Waals surface area contributed by atoms with E-state index in [1.54, 1.807) is 24.3 Å². The number of halogens is 1. The topological polar surface area (TPSA) is 71.1 Å². The van der Waals surface area contributed by atoms with Crippen LogP contribution >= 0.6 is 11.6 Å². The Labute approximate surface area is 143 Å². The molecule has 0 spiro atoms. The fourth-order valence-electron chi connectivity index (χ4n) is 1.81. The zero-order valence-electron chi connectivity index (χ0n) is 13.1. The smallest absolute Gasteiger partial charge is 0.343 e. The van der Waals surface area contributed by atoms with Gasteiger partial charge in [-0.15, -0.1) is 0 Å². The second-order valence-corrected chi connectivity index (χ2v) is 5.01. The van der Waals surface area contributed by atoms with Gasteiger partial charge in [-0.05, 0) is 36.4 Å². The number of hydrogen-bond donors (Lipinski definition) is 0. The number of ether oxygens (including phenoxy) is 4. The van der Waals surface area contributed by atoms with Gasteiger partial charge in [-0.1, -0.05) is 17.7 Å². The average molecular weight is 351 g/mol. The highest BCUT2D eigenvalue weighted by atomic mass is 35.5. The van der Waals surface area contributed by atoms with E-state index in [0.717, 1.165) is 0 Å². The first-order chi connectivity index (χ1) is 11.5. The van der Waals surface area contributed by atoms with Gasteiger partial charge < -0.3 is 18.9 Å². The van der Waals surface area contributed by atoms with E-state index in [1.165, 1.54) is 32.4 Å².